The largest absolute Gasteiger partial charge is 0.493 e. The van der Waals surface area contributed by atoms with Gasteiger partial charge < -0.3 is 29.0 Å². The lowest BCUT2D eigenvalue weighted by Crippen LogP contribution is -2.50. The van der Waals surface area contributed by atoms with E-state index in [9.17, 15) is 14.4 Å². The molecule has 6 rings (SSSR count). The number of rotatable bonds is 5. The van der Waals surface area contributed by atoms with Crippen molar-refractivity contribution in [3.8, 4) is 17.2 Å². The minimum absolute atomic E-state index is 0.00978. The second kappa shape index (κ2) is 9.74. The van der Waals surface area contributed by atoms with Crippen molar-refractivity contribution in [2.45, 2.75) is 18.9 Å². The highest BCUT2D eigenvalue weighted by Crippen LogP contribution is 2.42. The van der Waals surface area contributed by atoms with E-state index in [-0.39, 0.29) is 41.7 Å². The number of likely N-dealkylation sites (tertiary alicyclic amines) is 1. The molecule has 2 aromatic carbocycles. The van der Waals surface area contributed by atoms with Crippen molar-refractivity contribution in [3.63, 3.8) is 0 Å². The Bertz CT molecular complexity index is 1500. The smallest absolute Gasteiger partial charge is 0.270 e. The summed E-state index contributed by atoms with van der Waals surface area (Å²) in [7, 11) is 1.53. The Labute approximate surface area is 219 Å². The second-order valence-corrected chi connectivity index (χ2v) is 9.74. The van der Waals surface area contributed by atoms with Gasteiger partial charge in [0.25, 0.3) is 17.4 Å². The summed E-state index contributed by atoms with van der Waals surface area (Å²) in [6.07, 6.45) is 2.55. The average molecular weight is 514 g/mol. The summed E-state index contributed by atoms with van der Waals surface area (Å²) in [5.74, 6) is 1.02. The molecule has 3 aromatic rings. The van der Waals surface area contributed by atoms with Gasteiger partial charge in [-0.25, -0.2) is 0 Å². The van der Waals surface area contributed by atoms with Gasteiger partial charge in [-0.05, 0) is 54.3 Å². The molecule has 1 N–H and O–H groups in total. The Morgan fingerprint density at radius 2 is 1.87 bits per heavy atom. The zero-order chi connectivity index (χ0) is 26.2. The number of carbonyl (C=O) groups excluding carboxylic acids is 2. The molecule has 3 aliphatic rings. The first kappa shape index (κ1) is 23.8. The van der Waals surface area contributed by atoms with Crippen LogP contribution in [0.15, 0.2) is 71.2 Å². The van der Waals surface area contributed by atoms with Crippen LogP contribution in [0.2, 0.25) is 0 Å². The molecule has 3 aliphatic heterocycles. The maximum absolute atomic E-state index is 14.0. The SMILES string of the molecule is COc1cc(C=C(NC(=O)c2ccccc2)C(=O)N2CC3CC(C2)c2cccc(=O)n2C3)cc2c1OCO2. The molecule has 2 bridgehead atoms. The van der Waals surface area contributed by atoms with Gasteiger partial charge in [0.05, 0.1) is 7.11 Å². The Morgan fingerprint density at radius 1 is 1.03 bits per heavy atom. The van der Waals surface area contributed by atoms with Gasteiger partial charge in [0.2, 0.25) is 12.5 Å². The van der Waals surface area contributed by atoms with Crippen LogP contribution < -0.4 is 25.1 Å². The van der Waals surface area contributed by atoms with Gasteiger partial charge in [-0.1, -0.05) is 24.3 Å². The molecule has 0 spiro atoms. The van der Waals surface area contributed by atoms with Crippen LogP contribution in [0, 0.1) is 5.92 Å². The fraction of sp³-hybridized carbons (Fsp3) is 0.276. The summed E-state index contributed by atoms with van der Waals surface area (Å²) in [6, 6.07) is 17.6. The second-order valence-electron chi connectivity index (χ2n) is 9.74. The number of methoxy groups -OCH3 is 1. The van der Waals surface area contributed by atoms with Gasteiger partial charge >= 0.3 is 0 Å². The van der Waals surface area contributed by atoms with Crippen LogP contribution in [0.4, 0.5) is 0 Å². The Kier molecular flexibility index (Phi) is 6.11. The monoisotopic (exact) mass is 513 g/mol. The van der Waals surface area contributed by atoms with Gasteiger partial charge in [0, 0.05) is 42.9 Å². The van der Waals surface area contributed by atoms with Crippen LogP contribution in [0.1, 0.15) is 34.0 Å². The van der Waals surface area contributed by atoms with E-state index in [1.54, 1.807) is 59.5 Å². The van der Waals surface area contributed by atoms with Gasteiger partial charge in [-0.2, -0.15) is 0 Å². The molecule has 1 fully saturated rings. The summed E-state index contributed by atoms with van der Waals surface area (Å²) >= 11 is 0. The molecule has 2 amide bonds. The first-order chi connectivity index (χ1) is 18.5. The number of amides is 2. The van der Waals surface area contributed by atoms with E-state index in [4.69, 9.17) is 14.2 Å². The summed E-state index contributed by atoms with van der Waals surface area (Å²) in [5.41, 5.74) is 2.15. The van der Waals surface area contributed by atoms with Crippen molar-refractivity contribution in [3.05, 3.63) is 93.5 Å². The predicted octanol–water partition coefficient (Wildman–Crippen LogP) is 3.00. The highest BCUT2D eigenvalue weighted by Gasteiger charge is 2.37. The molecule has 0 radical (unpaired) electrons. The van der Waals surface area contributed by atoms with Crippen LogP contribution in [-0.2, 0) is 11.3 Å². The number of nitrogens with zero attached hydrogens (tertiary/aromatic N) is 2. The van der Waals surface area contributed by atoms with Crippen molar-refractivity contribution >= 4 is 17.9 Å². The van der Waals surface area contributed by atoms with Gasteiger partial charge in [0.1, 0.15) is 5.70 Å². The molecule has 38 heavy (non-hydrogen) atoms. The van der Waals surface area contributed by atoms with Crippen molar-refractivity contribution in [2.75, 3.05) is 27.0 Å². The number of hydrogen-bond donors (Lipinski definition) is 1. The van der Waals surface area contributed by atoms with E-state index in [0.717, 1.165) is 12.1 Å². The maximum atomic E-state index is 14.0. The number of fused-ring (bicyclic) bond motifs is 5. The predicted molar refractivity (Wildman–Crippen MR) is 139 cm³/mol. The molecule has 9 heteroatoms. The van der Waals surface area contributed by atoms with Crippen LogP contribution in [-0.4, -0.2) is 48.3 Å². The van der Waals surface area contributed by atoms with E-state index in [1.165, 1.54) is 7.11 Å². The molecule has 9 nitrogen and oxygen atoms in total. The molecule has 194 valence electrons. The summed E-state index contributed by atoms with van der Waals surface area (Å²) < 4.78 is 18.3. The molecular formula is C29H27N3O6. The van der Waals surface area contributed by atoms with E-state index in [2.05, 4.69) is 5.32 Å². The van der Waals surface area contributed by atoms with Gasteiger partial charge in [-0.15, -0.1) is 0 Å². The third kappa shape index (κ3) is 4.40. The summed E-state index contributed by atoms with van der Waals surface area (Å²) in [6.45, 7) is 1.61. The standard InChI is InChI=1S/C29H27N3O6/c1-36-24-12-18(13-25-27(24)38-17-37-25)11-22(30-28(34)20-6-3-2-4-7-20)29(35)31-14-19-10-21(16-31)23-8-5-9-26(33)32(23)15-19/h2-9,11-13,19,21H,10,14-17H2,1H3,(H,30,34). The lowest BCUT2D eigenvalue weighted by Gasteiger charge is -2.43. The normalized spacial score (nSPS) is 19.5. The van der Waals surface area contributed by atoms with Crippen LogP contribution >= 0.6 is 0 Å². The van der Waals surface area contributed by atoms with Crippen molar-refractivity contribution in [2.24, 2.45) is 5.92 Å². The number of benzene rings is 2. The topological polar surface area (TPSA) is 99.1 Å². The van der Waals surface area contributed by atoms with E-state index >= 15 is 0 Å². The maximum Gasteiger partial charge on any atom is 0.270 e. The number of nitrogens with one attached hydrogen (secondary N) is 1. The highest BCUT2D eigenvalue weighted by atomic mass is 16.7. The zero-order valence-corrected chi connectivity index (χ0v) is 20.9. The summed E-state index contributed by atoms with van der Waals surface area (Å²) in [4.78, 5) is 41.3. The van der Waals surface area contributed by atoms with Crippen molar-refractivity contribution in [1.29, 1.82) is 0 Å². The van der Waals surface area contributed by atoms with Gasteiger partial charge in [-0.3, -0.25) is 14.4 Å². The summed E-state index contributed by atoms with van der Waals surface area (Å²) in [5, 5.41) is 2.84. The lowest BCUT2D eigenvalue weighted by atomic mass is 9.83. The average Bonchev–Trinajstić information content (AvgIpc) is 3.41. The quantitative estimate of drug-likeness (QED) is 0.527. The minimum Gasteiger partial charge on any atom is -0.493 e. The number of aromatic nitrogens is 1. The van der Waals surface area contributed by atoms with Crippen LogP contribution in [0.25, 0.3) is 6.08 Å². The Hall–Kier alpha value is -4.53. The fourth-order valence-electron chi connectivity index (χ4n) is 5.57. The number of pyridine rings is 1. The number of hydrogen-bond acceptors (Lipinski definition) is 6. The first-order valence-corrected chi connectivity index (χ1v) is 12.5. The third-order valence-electron chi connectivity index (χ3n) is 7.27. The van der Waals surface area contributed by atoms with E-state index < -0.39 is 0 Å². The lowest BCUT2D eigenvalue weighted by molar-refractivity contribution is -0.130. The number of ether oxygens (including phenoxy) is 3. The highest BCUT2D eigenvalue weighted by molar-refractivity contribution is 6.05. The molecular weight excluding hydrogens is 486 g/mol. The fourth-order valence-corrected chi connectivity index (χ4v) is 5.57. The molecule has 2 atom stereocenters. The molecule has 1 aromatic heterocycles. The molecule has 4 heterocycles. The number of piperidine rings is 1. The van der Waals surface area contributed by atoms with E-state index in [0.29, 0.717) is 48.0 Å². The Balaban J connectivity index is 1.34. The molecule has 2 unspecified atom stereocenters. The third-order valence-corrected chi connectivity index (χ3v) is 7.27. The zero-order valence-electron chi connectivity index (χ0n) is 20.9. The van der Waals surface area contributed by atoms with Crippen LogP contribution in [0.3, 0.4) is 0 Å². The first-order valence-electron chi connectivity index (χ1n) is 12.5. The number of carbonyl (C=O) groups is 2. The van der Waals surface area contributed by atoms with Crippen LogP contribution in [0.5, 0.6) is 17.2 Å². The van der Waals surface area contributed by atoms with Crippen molar-refractivity contribution in [1.82, 2.24) is 14.8 Å². The minimum atomic E-state index is -0.382. The van der Waals surface area contributed by atoms with Crippen molar-refractivity contribution < 1.29 is 23.8 Å². The van der Waals surface area contributed by atoms with Gasteiger partial charge in [0.15, 0.2) is 11.5 Å². The molecule has 0 saturated carbocycles. The molecule has 1 saturated heterocycles. The van der Waals surface area contributed by atoms with E-state index in [1.807, 2.05) is 16.7 Å². The Morgan fingerprint density at radius 3 is 2.68 bits per heavy atom. The molecule has 0 aliphatic carbocycles.